The fraction of sp³-hybridized carbons (Fsp3) is 0.500. The number of anilines is 1. The summed E-state index contributed by atoms with van der Waals surface area (Å²) >= 11 is 0. The third kappa shape index (κ3) is 3.17. The molecule has 2 rings (SSSR count). The minimum atomic E-state index is -0.414. The number of piperazine rings is 1. The van der Waals surface area contributed by atoms with Crippen molar-refractivity contribution in [1.29, 1.82) is 0 Å². The summed E-state index contributed by atoms with van der Waals surface area (Å²) in [4.78, 5) is 15.9. The Morgan fingerprint density at radius 3 is 2.58 bits per heavy atom. The number of carbonyl (C=O) groups excluding carboxylic acids is 1. The summed E-state index contributed by atoms with van der Waals surface area (Å²) in [5.41, 5.74) is 6.76. The Morgan fingerprint density at radius 1 is 1.32 bits per heavy atom. The molecule has 1 aliphatic rings. The summed E-state index contributed by atoms with van der Waals surface area (Å²) in [6.45, 7) is 4.82. The lowest BCUT2D eigenvalue weighted by Crippen LogP contribution is -2.52. The van der Waals surface area contributed by atoms with Gasteiger partial charge in [0, 0.05) is 37.9 Å². The lowest BCUT2D eigenvalue weighted by atomic mass is 10.2. The zero-order valence-corrected chi connectivity index (χ0v) is 11.5. The Kier molecular flexibility index (Phi) is 4.27. The maximum absolute atomic E-state index is 11.8. The van der Waals surface area contributed by atoms with Gasteiger partial charge in [0.15, 0.2) is 0 Å². The van der Waals surface area contributed by atoms with Crippen LogP contribution in [0.1, 0.15) is 6.92 Å². The van der Waals surface area contributed by atoms with Crippen molar-refractivity contribution in [2.24, 2.45) is 5.73 Å². The molecule has 104 valence electrons. The molecule has 1 atom stereocenters. The monoisotopic (exact) mass is 263 g/mol. The molecule has 5 nitrogen and oxygen atoms in total. The molecule has 1 aliphatic heterocycles. The van der Waals surface area contributed by atoms with Gasteiger partial charge in [0.05, 0.1) is 13.2 Å². The molecule has 1 aromatic carbocycles. The highest BCUT2D eigenvalue weighted by molar-refractivity contribution is 5.81. The average Bonchev–Trinajstić information content (AvgIpc) is 2.46. The van der Waals surface area contributed by atoms with Gasteiger partial charge in [0.25, 0.3) is 0 Å². The molecule has 0 unspecified atom stereocenters. The van der Waals surface area contributed by atoms with E-state index in [0.717, 1.165) is 37.6 Å². The zero-order chi connectivity index (χ0) is 13.8. The summed E-state index contributed by atoms with van der Waals surface area (Å²) in [6, 6.07) is 7.57. The van der Waals surface area contributed by atoms with E-state index in [9.17, 15) is 4.79 Å². The van der Waals surface area contributed by atoms with E-state index in [1.165, 1.54) is 0 Å². The molecular formula is C14H21N3O2. The molecule has 1 heterocycles. The maximum atomic E-state index is 11.8. The Labute approximate surface area is 113 Å². The quantitative estimate of drug-likeness (QED) is 0.871. The van der Waals surface area contributed by atoms with E-state index >= 15 is 0 Å². The molecule has 0 radical (unpaired) electrons. The maximum Gasteiger partial charge on any atom is 0.239 e. The highest BCUT2D eigenvalue weighted by Crippen LogP contribution is 2.22. The largest absolute Gasteiger partial charge is 0.497 e. The molecule has 5 heteroatoms. The van der Waals surface area contributed by atoms with E-state index < -0.39 is 6.04 Å². The van der Waals surface area contributed by atoms with Gasteiger partial charge < -0.3 is 20.3 Å². The molecule has 1 aromatic rings. The van der Waals surface area contributed by atoms with Gasteiger partial charge in [-0.05, 0) is 19.1 Å². The van der Waals surface area contributed by atoms with Crippen LogP contribution >= 0.6 is 0 Å². The molecule has 0 aromatic heterocycles. The Morgan fingerprint density at radius 2 is 2.00 bits per heavy atom. The highest BCUT2D eigenvalue weighted by atomic mass is 16.5. The summed E-state index contributed by atoms with van der Waals surface area (Å²) in [5.74, 6) is 0.886. The van der Waals surface area contributed by atoms with Crippen molar-refractivity contribution >= 4 is 11.6 Å². The fourth-order valence-corrected chi connectivity index (χ4v) is 2.28. The number of nitrogens with two attached hydrogens (primary N) is 1. The second-order valence-electron chi connectivity index (χ2n) is 4.80. The van der Waals surface area contributed by atoms with Gasteiger partial charge >= 0.3 is 0 Å². The molecule has 2 N–H and O–H groups in total. The SMILES string of the molecule is COc1cccc(N2CCN(C(=O)[C@@H](C)N)CC2)c1. The second kappa shape index (κ2) is 5.93. The summed E-state index contributed by atoms with van der Waals surface area (Å²) < 4.78 is 5.23. The number of hydrogen-bond donors (Lipinski definition) is 1. The number of amides is 1. The number of ether oxygens (including phenoxy) is 1. The Balaban J connectivity index is 1.97. The first-order valence-corrected chi connectivity index (χ1v) is 6.55. The highest BCUT2D eigenvalue weighted by Gasteiger charge is 2.23. The van der Waals surface area contributed by atoms with Crippen molar-refractivity contribution in [3.63, 3.8) is 0 Å². The minimum Gasteiger partial charge on any atom is -0.497 e. The first kappa shape index (κ1) is 13.7. The first-order chi connectivity index (χ1) is 9.11. The molecule has 0 saturated carbocycles. The van der Waals surface area contributed by atoms with Crippen LogP contribution in [-0.4, -0.2) is 50.1 Å². The van der Waals surface area contributed by atoms with Gasteiger partial charge in [-0.3, -0.25) is 4.79 Å². The third-order valence-corrected chi connectivity index (χ3v) is 3.40. The average molecular weight is 263 g/mol. The van der Waals surface area contributed by atoms with Crippen LogP contribution in [0.25, 0.3) is 0 Å². The molecular weight excluding hydrogens is 242 g/mol. The lowest BCUT2D eigenvalue weighted by Gasteiger charge is -2.36. The number of hydrogen-bond acceptors (Lipinski definition) is 4. The lowest BCUT2D eigenvalue weighted by molar-refractivity contribution is -0.132. The van der Waals surface area contributed by atoms with Crippen LogP contribution in [0.2, 0.25) is 0 Å². The normalized spacial score (nSPS) is 17.2. The van der Waals surface area contributed by atoms with Crippen LogP contribution in [-0.2, 0) is 4.79 Å². The van der Waals surface area contributed by atoms with Crippen LogP contribution in [0.3, 0.4) is 0 Å². The smallest absolute Gasteiger partial charge is 0.239 e. The molecule has 1 amide bonds. The number of methoxy groups -OCH3 is 1. The predicted molar refractivity (Wildman–Crippen MR) is 75.4 cm³/mol. The van der Waals surface area contributed by atoms with Crippen LogP contribution in [0, 0.1) is 0 Å². The van der Waals surface area contributed by atoms with Crippen molar-refractivity contribution < 1.29 is 9.53 Å². The van der Waals surface area contributed by atoms with Gasteiger partial charge in [-0.25, -0.2) is 0 Å². The van der Waals surface area contributed by atoms with Gasteiger partial charge in [-0.15, -0.1) is 0 Å². The van der Waals surface area contributed by atoms with Crippen LogP contribution in [0.4, 0.5) is 5.69 Å². The van der Waals surface area contributed by atoms with Crippen molar-refractivity contribution in [2.45, 2.75) is 13.0 Å². The van der Waals surface area contributed by atoms with Gasteiger partial charge in [-0.1, -0.05) is 6.07 Å². The third-order valence-electron chi connectivity index (χ3n) is 3.40. The van der Waals surface area contributed by atoms with Gasteiger partial charge in [0.1, 0.15) is 5.75 Å². The van der Waals surface area contributed by atoms with Crippen molar-refractivity contribution in [3.8, 4) is 5.75 Å². The molecule has 19 heavy (non-hydrogen) atoms. The topological polar surface area (TPSA) is 58.8 Å². The van der Waals surface area contributed by atoms with E-state index in [2.05, 4.69) is 11.0 Å². The molecule has 0 bridgehead atoms. The number of carbonyl (C=O) groups is 1. The minimum absolute atomic E-state index is 0.0327. The molecule has 1 fully saturated rings. The zero-order valence-electron chi connectivity index (χ0n) is 11.5. The Bertz CT molecular complexity index is 440. The van der Waals surface area contributed by atoms with E-state index in [-0.39, 0.29) is 5.91 Å². The number of benzene rings is 1. The first-order valence-electron chi connectivity index (χ1n) is 6.55. The van der Waals surface area contributed by atoms with E-state index in [1.54, 1.807) is 14.0 Å². The molecule has 0 aliphatic carbocycles. The molecule has 0 spiro atoms. The van der Waals surface area contributed by atoms with Gasteiger partial charge in [-0.2, -0.15) is 0 Å². The Hall–Kier alpha value is -1.75. The fourth-order valence-electron chi connectivity index (χ4n) is 2.28. The van der Waals surface area contributed by atoms with Crippen LogP contribution < -0.4 is 15.4 Å². The van der Waals surface area contributed by atoms with Crippen molar-refractivity contribution in [1.82, 2.24) is 4.90 Å². The summed E-state index contributed by atoms with van der Waals surface area (Å²) in [7, 11) is 1.67. The number of rotatable bonds is 3. The summed E-state index contributed by atoms with van der Waals surface area (Å²) in [6.07, 6.45) is 0. The predicted octanol–water partition coefficient (Wildman–Crippen LogP) is 0.691. The number of nitrogens with zero attached hydrogens (tertiary/aromatic N) is 2. The van der Waals surface area contributed by atoms with Crippen LogP contribution in [0.5, 0.6) is 5.75 Å². The van der Waals surface area contributed by atoms with Crippen LogP contribution in [0.15, 0.2) is 24.3 Å². The molecule has 1 saturated heterocycles. The standard InChI is InChI=1S/C14H21N3O2/c1-11(15)14(18)17-8-6-16(7-9-17)12-4-3-5-13(10-12)19-2/h3-5,10-11H,6-9,15H2,1-2H3/t11-/m1/s1. The van der Waals surface area contributed by atoms with Crippen molar-refractivity contribution in [2.75, 3.05) is 38.2 Å². The van der Waals surface area contributed by atoms with Gasteiger partial charge in [0.2, 0.25) is 5.91 Å². The van der Waals surface area contributed by atoms with E-state index in [4.69, 9.17) is 10.5 Å². The van der Waals surface area contributed by atoms with E-state index in [0.29, 0.717) is 0 Å². The van der Waals surface area contributed by atoms with E-state index in [1.807, 2.05) is 23.1 Å². The summed E-state index contributed by atoms with van der Waals surface area (Å²) in [5, 5.41) is 0. The van der Waals surface area contributed by atoms with Crippen molar-refractivity contribution in [3.05, 3.63) is 24.3 Å². The second-order valence-corrected chi connectivity index (χ2v) is 4.80.